The summed E-state index contributed by atoms with van der Waals surface area (Å²) >= 11 is 0. The van der Waals surface area contributed by atoms with E-state index in [1.165, 1.54) is 4.52 Å². The van der Waals surface area contributed by atoms with Gasteiger partial charge in [0.1, 0.15) is 29.4 Å². The molecule has 4 rings (SSSR count). The topological polar surface area (TPSA) is 99.8 Å². The highest BCUT2D eigenvalue weighted by Crippen LogP contribution is 2.22. The van der Waals surface area contributed by atoms with E-state index in [9.17, 15) is 9.59 Å². The van der Waals surface area contributed by atoms with Crippen molar-refractivity contribution in [3.05, 3.63) is 76.3 Å². The fourth-order valence-electron chi connectivity index (χ4n) is 3.42. The second kappa shape index (κ2) is 8.93. The predicted octanol–water partition coefficient (Wildman–Crippen LogP) is 2.20. The zero-order valence-electron chi connectivity index (χ0n) is 18.0. The summed E-state index contributed by atoms with van der Waals surface area (Å²) in [5.41, 5.74) is 2.27. The number of carbonyl (C=O) groups excluding carboxylic acids is 1. The third-order valence-electron chi connectivity index (χ3n) is 5.08. The van der Waals surface area contributed by atoms with Gasteiger partial charge in [-0.15, -0.1) is 0 Å². The highest BCUT2D eigenvalue weighted by Gasteiger charge is 2.15. The smallest absolute Gasteiger partial charge is 0.293 e. The van der Waals surface area contributed by atoms with Gasteiger partial charge < -0.3 is 14.8 Å². The quantitative estimate of drug-likeness (QED) is 0.480. The van der Waals surface area contributed by atoms with Crippen LogP contribution >= 0.6 is 0 Å². The van der Waals surface area contributed by atoms with Gasteiger partial charge in [0.2, 0.25) is 5.91 Å². The van der Waals surface area contributed by atoms with Crippen LogP contribution in [0.15, 0.2) is 59.4 Å². The Hall–Kier alpha value is -4.14. The number of amides is 1. The molecule has 4 aromatic rings. The lowest BCUT2D eigenvalue weighted by molar-refractivity contribution is -0.122. The summed E-state index contributed by atoms with van der Waals surface area (Å²) in [6.45, 7) is 1.82. The standard InChI is InChI=1S/C23H23N5O4/c1-15-25-27(14-22(29)24-13-17-6-4-5-7-21(17)32-3)23(30)20-12-19(26-28(15)20)16-8-10-18(31-2)11-9-16/h4-12H,13-14H2,1-3H3,(H,24,29). The number of para-hydroxylation sites is 1. The maximum atomic E-state index is 13.0. The Balaban J connectivity index is 1.56. The first-order valence-electron chi connectivity index (χ1n) is 10.0. The number of aromatic nitrogens is 4. The lowest BCUT2D eigenvalue weighted by Gasteiger charge is -2.10. The zero-order valence-corrected chi connectivity index (χ0v) is 18.0. The van der Waals surface area contributed by atoms with E-state index >= 15 is 0 Å². The van der Waals surface area contributed by atoms with Crippen LogP contribution in [0.2, 0.25) is 0 Å². The van der Waals surface area contributed by atoms with Gasteiger partial charge in [0.15, 0.2) is 0 Å². The number of benzene rings is 2. The maximum Gasteiger partial charge on any atom is 0.293 e. The Morgan fingerprint density at radius 1 is 1.03 bits per heavy atom. The van der Waals surface area contributed by atoms with Crippen molar-refractivity contribution in [1.29, 1.82) is 0 Å². The van der Waals surface area contributed by atoms with Gasteiger partial charge in [-0.1, -0.05) is 18.2 Å². The molecule has 2 aromatic heterocycles. The molecule has 9 nitrogen and oxygen atoms in total. The number of rotatable bonds is 7. The van der Waals surface area contributed by atoms with Gasteiger partial charge in [-0.05, 0) is 43.3 Å². The first kappa shape index (κ1) is 21.1. The van der Waals surface area contributed by atoms with E-state index in [2.05, 4.69) is 15.5 Å². The SMILES string of the molecule is COc1ccc(-c2cc3c(=O)n(CC(=O)NCc4ccccc4OC)nc(C)n3n2)cc1. The minimum Gasteiger partial charge on any atom is -0.497 e. The third kappa shape index (κ3) is 4.18. The third-order valence-corrected chi connectivity index (χ3v) is 5.08. The largest absolute Gasteiger partial charge is 0.497 e. The van der Waals surface area contributed by atoms with E-state index < -0.39 is 5.56 Å². The van der Waals surface area contributed by atoms with E-state index in [0.29, 0.717) is 22.8 Å². The molecule has 1 N–H and O–H groups in total. The normalized spacial score (nSPS) is 10.8. The molecule has 0 radical (unpaired) electrons. The minimum absolute atomic E-state index is 0.200. The fourth-order valence-corrected chi connectivity index (χ4v) is 3.42. The van der Waals surface area contributed by atoms with E-state index in [1.54, 1.807) is 27.2 Å². The van der Waals surface area contributed by atoms with Crippen LogP contribution in [0, 0.1) is 6.92 Å². The number of aryl methyl sites for hydroxylation is 1. The first-order chi connectivity index (χ1) is 15.5. The number of nitrogens with one attached hydrogen (secondary N) is 1. The molecule has 0 saturated carbocycles. The molecule has 0 aliphatic rings. The zero-order chi connectivity index (χ0) is 22.7. The molecule has 0 fully saturated rings. The molecule has 32 heavy (non-hydrogen) atoms. The van der Waals surface area contributed by atoms with Crippen LogP contribution < -0.4 is 20.3 Å². The molecule has 0 aliphatic carbocycles. The van der Waals surface area contributed by atoms with Crippen molar-refractivity contribution in [1.82, 2.24) is 24.7 Å². The number of nitrogens with zero attached hydrogens (tertiary/aromatic N) is 4. The summed E-state index contributed by atoms with van der Waals surface area (Å²) in [5, 5.41) is 11.6. The Kier molecular flexibility index (Phi) is 5.89. The van der Waals surface area contributed by atoms with E-state index in [1.807, 2.05) is 48.5 Å². The fraction of sp³-hybridized carbons (Fsp3) is 0.217. The Labute approximate surface area is 184 Å². The molecule has 0 atom stereocenters. The van der Waals surface area contributed by atoms with Crippen LogP contribution in [-0.4, -0.2) is 39.5 Å². The molecule has 0 unspecified atom stereocenters. The summed E-state index contributed by atoms with van der Waals surface area (Å²) in [7, 11) is 3.18. The monoisotopic (exact) mass is 433 g/mol. The lowest BCUT2D eigenvalue weighted by Crippen LogP contribution is -2.34. The second-order valence-electron chi connectivity index (χ2n) is 7.15. The highest BCUT2D eigenvalue weighted by atomic mass is 16.5. The molecule has 0 bridgehead atoms. The van der Waals surface area contributed by atoms with Crippen LogP contribution in [0.4, 0.5) is 0 Å². The van der Waals surface area contributed by atoms with Gasteiger partial charge in [0, 0.05) is 17.7 Å². The summed E-state index contributed by atoms with van der Waals surface area (Å²) in [5.74, 6) is 1.59. The van der Waals surface area contributed by atoms with Crippen LogP contribution in [0.25, 0.3) is 16.8 Å². The maximum absolute atomic E-state index is 13.0. The van der Waals surface area contributed by atoms with E-state index in [4.69, 9.17) is 9.47 Å². The molecular formula is C23H23N5O4. The predicted molar refractivity (Wildman–Crippen MR) is 119 cm³/mol. The van der Waals surface area contributed by atoms with Crippen LogP contribution in [-0.2, 0) is 17.9 Å². The average Bonchev–Trinajstić information content (AvgIpc) is 3.28. The van der Waals surface area contributed by atoms with Crippen LogP contribution in [0.5, 0.6) is 11.5 Å². The number of methoxy groups -OCH3 is 2. The van der Waals surface area contributed by atoms with E-state index in [-0.39, 0.29) is 19.0 Å². The molecule has 1 amide bonds. The van der Waals surface area contributed by atoms with Crippen molar-refractivity contribution in [2.24, 2.45) is 0 Å². The molecule has 9 heteroatoms. The summed E-state index contributed by atoms with van der Waals surface area (Å²) in [4.78, 5) is 25.4. The van der Waals surface area contributed by atoms with Crippen molar-refractivity contribution in [2.75, 3.05) is 14.2 Å². The van der Waals surface area contributed by atoms with Crippen molar-refractivity contribution >= 4 is 11.4 Å². The molecule has 0 saturated heterocycles. The van der Waals surface area contributed by atoms with Gasteiger partial charge in [-0.3, -0.25) is 9.59 Å². The van der Waals surface area contributed by atoms with Gasteiger partial charge in [-0.2, -0.15) is 10.2 Å². The van der Waals surface area contributed by atoms with Crippen molar-refractivity contribution in [2.45, 2.75) is 20.0 Å². The molecule has 0 spiro atoms. The summed E-state index contributed by atoms with van der Waals surface area (Å²) in [6.07, 6.45) is 0. The highest BCUT2D eigenvalue weighted by molar-refractivity contribution is 5.76. The molecular weight excluding hydrogens is 410 g/mol. The number of hydrogen-bond acceptors (Lipinski definition) is 6. The van der Waals surface area contributed by atoms with Gasteiger partial charge in [-0.25, -0.2) is 9.20 Å². The Morgan fingerprint density at radius 2 is 1.78 bits per heavy atom. The summed E-state index contributed by atoms with van der Waals surface area (Å²) in [6, 6.07) is 16.5. The van der Waals surface area contributed by atoms with E-state index in [0.717, 1.165) is 21.6 Å². The number of carbonyl (C=O) groups is 1. The van der Waals surface area contributed by atoms with Crippen molar-refractivity contribution in [3.8, 4) is 22.8 Å². The number of ether oxygens (including phenoxy) is 2. The van der Waals surface area contributed by atoms with Gasteiger partial charge in [0.05, 0.1) is 19.9 Å². The van der Waals surface area contributed by atoms with Crippen LogP contribution in [0.3, 0.4) is 0 Å². The number of hydrogen-bond donors (Lipinski definition) is 1. The Bertz CT molecular complexity index is 1320. The van der Waals surface area contributed by atoms with Crippen LogP contribution in [0.1, 0.15) is 11.4 Å². The minimum atomic E-state index is -0.393. The second-order valence-corrected chi connectivity index (χ2v) is 7.15. The average molecular weight is 433 g/mol. The molecule has 2 aromatic carbocycles. The molecule has 0 aliphatic heterocycles. The van der Waals surface area contributed by atoms with Crippen molar-refractivity contribution in [3.63, 3.8) is 0 Å². The molecule has 164 valence electrons. The van der Waals surface area contributed by atoms with Gasteiger partial charge >= 0.3 is 0 Å². The number of fused-ring (bicyclic) bond motifs is 1. The Morgan fingerprint density at radius 3 is 2.50 bits per heavy atom. The molecule has 2 heterocycles. The first-order valence-corrected chi connectivity index (χ1v) is 10.0. The summed E-state index contributed by atoms with van der Waals surface area (Å²) < 4.78 is 13.1. The lowest BCUT2D eigenvalue weighted by atomic mass is 10.1. The van der Waals surface area contributed by atoms with Crippen molar-refractivity contribution < 1.29 is 14.3 Å². The van der Waals surface area contributed by atoms with Gasteiger partial charge in [0.25, 0.3) is 5.56 Å².